The monoisotopic (exact) mass is 682 g/mol. The van der Waals surface area contributed by atoms with Crippen molar-refractivity contribution in [2.45, 2.75) is 5.41 Å². The van der Waals surface area contributed by atoms with Crippen molar-refractivity contribution in [2.24, 2.45) is 0 Å². The van der Waals surface area contributed by atoms with Gasteiger partial charge in [0.05, 0.1) is 16.8 Å². The molecule has 0 aromatic heterocycles. The van der Waals surface area contributed by atoms with E-state index in [4.69, 9.17) is 9.47 Å². The van der Waals surface area contributed by atoms with Crippen molar-refractivity contribution < 1.29 is 9.47 Å². The fraction of sp³-hybridized carbons (Fsp3) is 0.0204. The van der Waals surface area contributed by atoms with Crippen LogP contribution in [-0.4, -0.2) is 0 Å². The van der Waals surface area contributed by atoms with Crippen molar-refractivity contribution in [3.8, 4) is 23.0 Å². The lowest BCUT2D eigenvalue weighted by molar-refractivity contribution is 0.400. The van der Waals surface area contributed by atoms with Crippen LogP contribution in [0.15, 0.2) is 206 Å². The van der Waals surface area contributed by atoms with Crippen LogP contribution in [0.4, 0.5) is 34.1 Å². The van der Waals surface area contributed by atoms with Gasteiger partial charge in [-0.1, -0.05) is 133 Å². The summed E-state index contributed by atoms with van der Waals surface area (Å²) in [4.78, 5) is 4.57. The summed E-state index contributed by atoms with van der Waals surface area (Å²) in [6.07, 6.45) is 0. The molecule has 2 heterocycles. The first kappa shape index (κ1) is 30.8. The number of anilines is 6. The molecule has 53 heavy (non-hydrogen) atoms. The molecule has 0 bridgehead atoms. The summed E-state index contributed by atoms with van der Waals surface area (Å²) in [7, 11) is 0. The second-order valence-electron chi connectivity index (χ2n) is 13.3. The van der Waals surface area contributed by atoms with Crippen LogP contribution < -0.4 is 19.3 Å². The highest BCUT2D eigenvalue weighted by Crippen LogP contribution is 2.64. The summed E-state index contributed by atoms with van der Waals surface area (Å²) in [6, 6.07) is 72.0. The van der Waals surface area contributed by atoms with Gasteiger partial charge in [-0.2, -0.15) is 0 Å². The fourth-order valence-electron chi connectivity index (χ4n) is 8.19. The first-order valence-corrected chi connectivity index (χ1v) is 17.9. The highest BCUT2D eigenvalue weighted by atomic mass is 16.5. The van der Waals surface area contributed by atoms with Gasteiger partial charge in [0.15, 0.2) is 11.5 Å². The first-order chi connectivity index (χ1) is 26.3. The minimum absolute atomic E-state index is 0.779. The van der Waals surface area contributed by atoms with Gasteiger partial charge in [0.25, 0.3) is 0 Å². The SMILES string of the molecule is c1ccc(N(c2ccccc2)c2cccc3c2Oc2ccccc2C32c3ccccc3Oc3c(N(c4ccccc4)c4ccccc4)cccc32)cc1. The summed E-state index contributed by atoms with van der Waals surface area (Å²) in [5.74, 6) is 3.22. The number of ether oxygens (including phenoxy) is 2. The normalized spacial score (nSPS) is 13.0. The van der Waals surface area contributed by atoms with E-state index >= 15 is 0 Å². The van der Waals surface area contributed by atoms with Gasteiger partial charge in [-0.05, 0) is 72.8 Å². The van der Waals surface area contributed by atoms with E-state index in [0.29, 0.717) is 0 Å². The van der Waals surface area contributed by atoms with Gasteiger partial charge in [-0.3, -0.25) is 0 Å². The molecule has 2 aliphatic rings. The topological polar surface area (TPSA) is 24.9 Å². The number of benzene rings is 8. The van der Waals surface area contributed by atoms with Crippen LogP contribution in [0.25, 0.3) is 0 Å². The lowest BCUT2D eigenvalue weighted by Crippen LogP contribution is -2.37. The van der Waals surface area contributed by atoms with Crippen molar-refractivity contribution >= 4 is 34.1 Å². The average Bonchev–Trinajstić information content (AvgIpc) is 3.23. The Kier molecular flexibility index (Phi) is 7.33. The van der Waals surface area contributed by atoms with E-state index in [0.717, 1.165) is 79.4 Å². The van der Waals surface area contributed by atoms with Crippen molar-refractivity contribution in [2.75, 3.05) is 9.80 Å². The number of hydrogen-bond donors (Lipinski definition) is 0. The van der Waals surface area contributed by atoms with Crippen LogP contribution in [0.1, 0.15) is 22.3 Å². The Labute approximate surface area is 309 Å². The predicted octanol–water partition coefficient (Wildman–Crippen LogP) is 13.2. The third kappa shape index (κ3) is 4.84. The molecule has 8 aromatic rings. The van der Waals surface area contributed by atoms with Crippen LogP contribution >= 0.6 is 0 Å². The standard InChI is InChI=1S/C49H34N2O2/c1-5-19-35(20-6-1)50(36-21-7-2-8-22-36)43-31-17-29-41-47(43)52-45-33-15-13-27-39(45)49(41)40-28-14-16-34-46(40)53-48-42(49)30-18-32-44(48)51(37-23-9-3-10-24-37)38-25-11-4-12-26-38/h1-34H. The van der Waals surface area contributed by atoms with Gasteiger partial charge >= 0.3 is 0 Å². The molecule has 0 aliphatic carbocycles. The zero-order valence-electron chi connectivity index (χ0n) is 28.8. The smallest absolute Gasteiger partial charge is 0.156 e. The van der Waals surface area contributed by atoms with Gasteiger partial charge in [0.1, 0.15) is 11.5 Å². The largest absolute Gasteiger partial charge is 0.454 e. The third-order valence-corrected chi connectivity index (χ3v) is 10.3. The molecule has 8 aromatic carbocycles. The maximum atomic E-state index is 7.11. The number of para-hydroxylation sites is 8. The second-order valence-corrected chi connectivity index (χ2v) is 13.3. The van der Waals surface area contributed by atoms with E-state index in [9.17, 15) is 0 Å². The maximum absolute atomic E-state index is 7.11. The van der Waals surface area contributed by atoms with E-state index in [2.05, 4.69) is 216 Å². The summed E-state index contributed by atoms with van der Waals surface area (Å²) in [6.45, 7) is 0. The van der Waals surface area contributed by atoms with E-state index in [1.54, 1.807) is 0 Å². The first-order valence-electron chi connectivity index (χ1n) is 17.9. The predicted molar refractivity (Wildman–Crippen MR) is 214 cm³/mol. The third-order valence-electron chi connectivity index (χ3n) is 10.3. The van der Waals surface area contributed by atoms with Gasteiger partial charge in [-0.25, -0.2) is 0 Å². The van der Waals surface area contributed by atoms with Gasteiger partial charge in [-0.15, -0.1) is 0 Å². The molecule has 0 saturated heterocycles. The average molecular weight is 683 g/mol. The van der Waals surface area contributed by atoms with Crippen molar-refractivity contribution in [3.63, 3.8) is 0 Å². The van der Waals surface area contributed by atoms with Crippen molar-refractivity contribution in [3.05, 3.63) is 229 Å². The second kappa shape index (κ2) is 12.6. The van der Waals surface area contributed by atoms with E-state index in [-0.39, 0.29) is 0 Å². The Bertz CT molecular complexity index is 2310. The zero-order valence-corrected chi connectivity index (χ0v) is 28.8. The summed E-state index contributed by atoms with van der Waals surface area (Å²) >= 11 is 0. The molecule has 0 radical (unpaired) electrons. The molecule has 252 valence electrons. The van der Waals surface area contributed by atoms with Crippen molar-refractivity contribution in [1.29, 1.82) is 0 Å². The van der Waals surface area contributed by atoms with Crippen LogP contribution in [0, 0.1) is 0 Å². The Morgan fingerprint density at radius 3 is 0.943 bits per heavy atom. The highest BCUT2D eigenvalue weighted by molar-refractivity contribution is 5.88. The highest BCUT2D eigenvalue weighted by Gasteiger charge is 2.52. The molecule has 1 spiro atoms. The van der Waals surface area contributed by atoms with Gasteiger partial charge in [0.2, 0.25) is 0 Å². The van der Waals surface area contributed by atoms with E-state index in [1.165, 1.54) is 0 Å². The van der Waals surface area contributed by atoms with E-state index < -0.39 is 5.41 Å². The minimum Gasteiger partial charge on any atom is -0.454 e. The molecular weight excluding hydrogens is 649 g/mol. The van der Waals surface area contributed by atoms with Crippen LogP contribution in [-0.2, 0) is 5.41 Å². The van der Waals surface area contributed by atoms with Gasteiger partial charge < -0.3 is 19.3 Å². The van der Waals surface area contributed by atoms with Crippen LogP contribution in [0.2, 0.25) is 0 Å². The summed E-state index contributed by atoms with van der Waals surface area (Å²) in [5.41, 5.74) is 9.51. The summed E-state index contributed by atoms with van der Waals surface area (Å²) in [5, 5.41) is 0. The quantitative estimate of drug-likeness (QED) is 0.174. The lowest BCUT2D eigenvalue weighted by Gasteiger charge is -2.46. The maximum Gasteiger partial charge on any atom is 0.156 e. The van der Waals surface area contributed by atoms with Crippen molar-refractivity contribution in [1.82, 2.24) is 0 Å². The lowest BCUT2D eigenvalue weighted by atomic mass is 9.62. The van der Waals surface area contributed by atoms with Crippen LogP contribution in [0.5, 0.6) is 23.0 Å². The Morgan fingerprint density at radius 1 is 0.283 bits per heavy atom. The molecule has 0 N–H and O–H groups in total. The summed E-state index contributed by atoms with van der Waals surface area (Å²) < 4.78 is 14.2. The van der Waals surface area contributed by atoms with Crippen LogP contribution in [0.3, 0.4) is 0 Å². The Balaban J connectivity index is 1.30. The molecular formula is C49H34N2O2. The molecule has 2 aliphatic heterocycles. The molecule has 0 fully saturated rings. The molecule has 0 atom stereocenters. The van der Waals surface area contributed by atoms with E-state index in [1.807, 2.05) is 0 Å². The molecule has 0 amide bonds. The molecule has 4 nitrogen and oxygen atoms in total. The molecule has 0 saturated carbocycles. The fourth-order valence-corrected chi connectivity index (χ4v) is 8.19. The number of rotatable bonds is 6. The number of hydrogen-bond acceptors (Lipinski definition) is 4. The Hall–Kier alpha value is -7.04. The Morgan fingerprint density at radius 2 is 0.585 bits per heavy atom. The number of fused-ring (bicyclic) bond motifs is 8. The molecule has 10 rings (SSSR count). The minimum atomic E-state index is -0.779. The number of nitrogens with zero attached hydrogens (tertiary/aromatic N) is 2. The zero-order chi connectivity index (χ0) is 35.2. The molecule has 0 unspecified atom stereocenters. The molecule has 4 heteroatoms. The van der Waals surface area contributed by atoms with Gasteiger partial charge in [0, 0.05) is 45.0 Å².